The fourth-order valence-electron chi connectivity index (χ4n) is 1.77. The van der Waals surface area contributed by atoms with E-state index < -0.39 is 0 Å². The first kappa shape index (κ1) is 15.1. The number of hydrogen-bond donors (Lipinski definition) is 0. The van der Waals surface area contributed by atoms with Gasteiger partial charge in [0.05, 0.1) is 0 Å². The molecule has 0 radical (unpaired) electrons. The predicted molar refractivity (Wildman–Crippen MR) is 67.1 cm³/mol. The molecule has 0 aromatic rings. The summed E-state index contributed by atoms with van der Waals surface area (Å²) in [5, 5.41) is 0. The summed E-state index contributed by atoms with van der Waals surface area (Å²) in [7, 11) is 0. The maximum Gasteiger partial charge on any atom is 0.120 e. The fraction of sp³-hybridized carbons (Fsp3) is 0.786. The Morgan fingerprint density at radius 2 is 1.12 bits per heavy atom. The van der Waals surface area contributed by atoms with Crippen molar-refractivity contribution in [3.63, 3.8) is 0 Å². The van der Waals surface area contributed by atoms with Gasteiger partial charge in [0.25, 0.3) is 0 Å². The molecule has 0 heterocycles. The maximum absolute atomic E-state index is 10.1. The number of carbonyl (C=O) groups is 1. The molecule has 0 aliphatic carbocycles. The van der Waals surface area contributed by atoms with E-state index in [4.69, 9.17) is 0 Å². The third-order valence-corrected chi connectivity index (χ3v) is 2.75. The van der Waals surface area contributed by atoms with Gasteiger partial charge in [0.2, 0.25) is 0 Å². The van der Waals surface area contributed by atoms with Crippen LogP contribution in [-0.4, -0.2) is 12.2 Å². The van der Waals surface area contributed by atoms with Crippen LogP contribution >= 0.6 is 0 Å². The summed E-state index contributed by atoms with van der Waals surface area (Å²) in [6, 6.07) is 0. The van der Waals surface area contributed by atoms with Crippen LogP contribution in [0.15, 0.2) is 6.08 Å². The first-order valence-electron chi connectivity index (χ1n) is 6.54. The Bertz CT molecular complexity index is 193. The summed E-state index contributed by atoms with van der Waals surface area (Å²) in [5.74, 6) is 1.80. The molecule has 0 aliphatic rings. The summed E-state index contributed by atoms with van der Waals surface area (Å²) >= 11 is 0. The van der Waals surface area contributed by atoms with Crippen molar-refractivity contribution in [3.05, 3.63) is 6.08 Å². The van der Waals surface area contributed by atoms with Crippen LogP contribution in [0.25, 0.3) is 0 Å². The normalized spacial score (nSPS) is 9.75. The average molecular weight is 224 g/mol. The Balaban J connectivity index is 2.93. The average Bonchev–Trinajstić information content (AvgIpc) is 2.31. The smallest absolute Gasteiger partial charge is 0.120 e. The summed E-state index contributed by atoms with van der Waals surface area (Å²) in [4.78, 5) is 19.9. The standard InChI is InChI=1S/C14H24O2/c15-13-11-9-7-5-3-1-2-4-6-8-10-12-14-16/h11,14H,1-10,12H2. The molecule has 0 saturated carbocycles. The van der Waals surface area contributed by atoms with Crippen molar-refractivity contribution in [2.45, 2.75) is 70.6 Å². The zero-order valence-corrected chi connectivity index (χ0v) is 10.2. The molecule has 0 spiro atoms. The minimum Gasteiger partial charge on any atom is -0.303 e. The van der Waals surface area contributed by atoms with Crippen LogP contribution in [0.5, 0.6) is 0 Å². The van der Waals surface area contributed by atoms with Gasteiger partial charge < -0.3 is 4.79 Å². The van der Waals surface area contributed by atoms with Crippen molar-refractivity contribution in [2.75, 3.05) is 0 Å². The van der Waals surface area contributed by atoms with Crippen LogP contribution in [-0.2, 0) is 9.59 Å². The Hall–Kier alpha value is -0.880. The summed E-state index contributed by atoms with van der Waals surface area (Å²) in [6.07, 6.45) is 15.3. The van der Waals surface area contributed by atoms with Crippen LogP contribution in [0.4, 0.5) is 0 Å². The third kappa shape index (κ3) is 13.1. The molecule has 0 fully saturated rings. The molecular weight excluding hydrogens is 200 g/mol. The predicted octanol–water partition coefficient (Wildman–Crippen LogP) is 3.86. The van der Waals surface area contributed by atoms with E-state index in [1.165, 1.54) is 44.9 Å². The van der Waals surface area contributed by atoms with E-state index in [0.29, 0.717) is 0 Å². The number of allylic oxidation sites excluding steroid dienone is 1. The van der Waals surface area contributed by atoms with Crippen molar-refractivity contribution in [1.29, 1.82) is 0 Å². The zero-order valence-electron chi connectivity index (χ0n) is 10.2. The Kier molecular flexibility index (Phi) is 13.3. The minimum absolute atomic E-state index is 0.726. The molecule has 0 unspecified atom stereocenters. The van der Waals surface area contributed by atoms with Gasteiger partial charge in [-0.05, 0) is 25.3 Å². The highest BCUT2D eigenvalue weighted by atomic mass is 16.1. The quantitative estimate of drug-likeness (QED) is 0.286. The molecule has 0 bridgehead atoms. The number of unbranched alkanes of at least 4 members (excludes halogenated alkanes) is 10. The molecule has 0 aromatic carbocycles. The SMILES string of the molecule is O=C=CCCCCCCCCCCCC=O. The number of aldehydes is 1. The van der Waals surface area contributed by atoms with E-state index >= 15 is 0 Å². The molecule has 0 rings (SSSR count). The van der Waals surface area contributed by atoms with E-state index in [1.54, 1.807) is 12.0 Å². The Morgan fingerprint density at radius 3 is 1.56 bits per heavy atom. The van der Waals surface area contributed by atoms with Crippen molar-refractivity contribution in [3.8, 4) is 0 Å². The number of carbonyl (C=O) groups excluding carboxylic acids is 2. The molecule has 2 heteroatoms. The molecule has 92 valence electrons. The molecule has 0 aliphatic heterocycles. The summed E-state index contributed by atoms with van der Waals surface area (Å²) in [5.41, 5.74) is 0. The lowest BCUT2D eigenvalue weighted by atomic mass is 10.1. The molecule has 0 N–H and O–H groups in total. The topological polar surface area (TPSA) is 34.1 Å². The highest BCUT2D eigenvalue weighted by Crippen LogP contribution is 2.10. The second-order valence-electron chi connectivity index (χ2n) is 4.25. The fourth-order valence-corrected chi connectivity index (χ4v) is 1.77. The molecule has 0 atom stereocenters. The monoisotopic (exact) mass is 224 g/mol. The van der Waals surface area contributed by atoms with Gasteiger partial charge in [-0.25, -0.2) is 4.79 Å². The first-order chi connectivity index (χ1) is 7.91. The van der Waals surface area contributed by atoms with Gasteiger partial charge in [-0.2, -0.15) is 0 Å². The largest absolute Gasteiger partial charge is 0.303 e. The zero-order chi connectivity index (χ0) is 11.9. The van der Waals surface area contributed by atoms with Crippen molar-refractivity contribution in [2.24, 2.45) is 0 Å². The molecule has 0 aromatic heterocycles. The van der Waals surface area contributed by atoms with Gasteiger partial charge in [-0.15, -0.1) is 0 Å². The Morgan fingerprint density at radius 1 is 0.688 bits per heavy atom. The molecule has 2 nitrogen and oxygen atoms in total. The van der Waals surface area contributed by atoms with Crippen LogP contribution < -0.4 is 0 Å². The van der Waals surface area contributed by atoms with Crippen LogP contribution in [0.1, 0.15) is 70.6 Å². The van der Waals surface area contributed by atoms with Gasteiger partial charge >= 0.3 is 0 Å². The summed E-state index contributed by atoms with van der Waals surface area (Å²) < 4.78 is 0. The highest BCUT2D eigenvalue weighted by Gasteiger charge is 1.92. The van der Waals surface area contributed by atoms with Gasteiger partial charge in [0, 0.05) is 6.42 Å². The second kappa shape index (κ2) is 14.1. The highest BCUT2D eigenvalue weighted by molar-refractivity contribution is 5.48. The van der Waals surface area contributed by atoms with E-state index in [9.17, 15) is 9.59 Å². The lowest BCUT2D eigenvalue weighted by Crippen LogP contribution is -1.82. The second-order valence-corrected chi connectivity index (χ2v) is 4.25. The van der Waals surface area contributed by atoms with Gasteiger partial charge in [-0.1, -0.05) is 44.9 Å². The maximum atomic E-state index is 10.1. The summed E-state index contributed by atoms with van der Waals surface area (Å²) in [6.45, 7) is 0. The van der Waals surface area contributed by atoms with E-state index in [0.717, 1.165) is 32.0 Å². The van der Waals surface area contributed by atoms with Crippen molar-refractivity contribution in [1.82, 2.24) is 0 Å². The van der Waals surface area contributed by atoms with Crippen molar-refractivity contribution < 1.29 is 9.59 Å². The lowest BCUT2D eigenvalue weighted by molar-refractivity contribution is -0.107. The van der Waals surface area contributed by atoms with E-state index in [2.05, 4.69) is 0 Å². The Labute approximate surface area is 99.1 Å². The van der Waals surface area contributed by atoms with Gasteiger partial charge in [-0.3, -0.25) is 0 Å². The van der Waals surface area contributed by atoms with Crippen LogP contribution in [0.2, 0.25) is 0 Å². The van der Waals surface area contributed by atoms with E-state index in [1.807, 2.05) is 0 Å². The third-order valence-electron chi connectivity index (χ3n) is 2.75. The molecule has 0 saturated heterocycles. The number of rotatable bonds is 12. The minimum atomic E-state index is 0.726. The molecule has 16 heavy (non-hydrogen) atoms. The van der Waals surface area contributed by atoms with Crippen LogP contribution in [0.3, 0.4) is 0 Å². The van der Waals surface area contributed by atoms with Gasteiger partial charge in [0.15, 0.2) is 0 Å². The molecular formula is C14H24O2. The number of hydrogen-bond acceptors (Lipinski definition) is 2. The van der Waals surface area contributed by atoms with E-state index in [-0.39, 0.29) is 0 Å². The van der Waals surface area contributed by atoms with Crippen LogP contribution in [0, 0.1) is 0 Å². The van der Waals surface area contributed by atoms with Crippen molar-refractivity contribution >= 4 is 12.2 Å². The lowest BCUT2D eigenvalue weighted by Gasteiger charge is -2.00. The van der Waals surface area contributed by atoms with Gasteiger partial charge in [0.1, 0.15) is 12.2 Å². The molecule has 0 amide bonds. The first-order valence-corrected chi connectivity index (χ1v) is 6.54.